The molecule has 14 heteroatoms. The molecule has 0 amide bonds. The second kappa shape index (κ2) is 23.8. The van der Waals surface area contributed by atoms with Gasteiger partial charge in [-0.15, -0.1) is 0 Å². The van der Waals surface area contributed by atoms with Crippen LogP contribution in [0.4, 0.5) is 0 Å². The minimum absolute atomic E-state index is 0.147. The molecule has 0 radical (unpaired) electrons. The van der Waals surface area contributed by atoms with E-state index in [2.05, 4.69) is 15.0 Å². The molecular weight excluding hydrogens is 1000 g/mol. The number of nitro groups is 3. The van der Waals surface area contributed by atoms with E-state index >= 15 is 0 Å². The highest BCUT2D eigenvalue weighted by molar-refractivity contribution is 6.30. The Morgan fingerprint density at radius 2 is 0.692 bits per heavy atom. The third-order valence-electron chi connectivity index (χ3n) is 13.8. The summed E-state index contributed by atoms with van der Waals surface area (Å²) >= 11 is 6.05. The van der Waals surface area contributed by atoms with Crippen LogP contribution in [0.3, 0.4) is 0 Å². The summed E-state index contributed by atoms with van der Waals surface area (Å²) in [5.41, 5.74) is 13.3. The predicted molar refractivity (Wildman–Crippen MR) is 309 cm³/mol. The standard InChI is InChI=1S/C22H17ClN2O2.C22H18N2O2.C20H16N2O3/c23-17-12-10-16(11-13-17)22-21(18-8-4-5-9-20(18)24-22)19(14-25(26)27)15-6-2-1-3-7-15;25-24(26)15-19(16-9-3-1-4-10-16)21-18-13-7-8-14-20(18)23-22(21)17-11-5-2-6-12-17;23-22(24)13-16(18-11-6-12-25-18)19-15-9-4-5-10-17(15)21-20(19)14-7-2-1-3-8-14/h1-13,19,24H,14H2;1-14,19,23H,15H2;1-12,16,21H,13H2. The number of fused-ring (bicyclic) bond motifs is 3. The molecule has 0 saturated carbocycles. The molecule has 3 unspecified atom stereocenters. The zero-order chi connectivity index (χ0) is 54.0. The SMILES string of the molecule is O=[N+]([O-])CC(c1ccccc1)c1c(-c2ccc(Cl)cc2)[nH]c2ccccc12.O=[N+]([O-])CC(c1ccccc1)c1c(-c2ccccc2)[nH]c2ccccc12.O=[N+]([O-])CC(c1ccco1)c1c(-c2ccccc2)[nH]c2ccccc12. The Morgan fingerprint density at radius 1 is 0.372 bits per heavy atom. The van der Waals surface area contributed by atoms with E-state index in [4.69, 9.17) is 16.0 Å². The number of H-pyrrole nitrogens is 3. The number of nitrogens with one attached hydrogen (secondary N) is 3. The van der Waals surface area contributed by atoms with E-state index in [9.17, 15) is 30.3 Å². The molecule has 0 aliphatic heterocycles. The van der Waals surface area contributed by atoms with E-state index in [1.54, 1.807) is 18.4 Å². The summed E-state index contributed by atoms with van der Waals surface area (Å²) in [4.78, 5) is 43.9. The van der Waals surface area contributed by atoms with Crippen molar-refractivity contribution < 1.29 is 19.2 Å². The first-order valence-electron chi connectivity index (χ1n) is 25.3. The third-order valence-corrected chi connectivity index (χ3v) is 14.1. The second-order valence-corrected chi connectivity index (χ2v) is 19.1. The average molecular weight is 1050 g/mol. The topological polar surface area (TPSA) is 190 Å². The lowest BCUT2D eigenvalue weighted by atomic mass is 9.87. The maximum absolute atomic E-state index is 11.5. The van der Waals surface area contributed by atoms with E-state index in [0.29, 0.717) is 10.8 Å². The van der Waals surface area contributed by atoms with Gasteiger partial charge in [0.2, 0.25) is 19.6 Å². The van der Waals surface area contributed by atoms with Crippen LogP contribution in [0.1, 0.15) is 51.3 Å². The fraction of sp³-hybridized carbons (Fsp3) is 0.0938. The van der Waals surface area contributed by atoms with Gasteiger partial charge < -0.3 is 19.4 Å². The van der Waals surface area contributed by atoms with E-state index in [0.717, 1.165) is 94.3 Å². The van der Waals surface area contributed by atoms with Crippen LogP contribution in [0.25, 0.3) is 66.5 Å². The van der Waals surface area contributed by atoms with Crippen LogP contribution >= 0.6 is 11.6 Å². The molecule has 0 aliphatic carbocycles. The van der Waals surface area contributed by atoms with E-state index < -0.39 is 5.92 Å². The lowest BCUT2D eigenvalue weighted by Crippen LogP contribution is -2.14. The molecule has 4 aromatic heterocycles. The van der Waals surface area contributed by atoms with E-state index in [1.165, 1.54) is 0 Å². The summed E-state index contributed by atoms with van der Waals surface area (Å²) in [5.74, 6) is -0.546. The van der Waals surface area contributed by atoms with Gasteiger partial charge in [-0.2, -0.15) is 0 Å². The Bertz CT molecular complexity index is 3960. The van der Waals surface area contributed by atoms with Crippen molar-refractivity contribution in [3.63, 3.8) is 0 Å². The lowest BCUT2D eigenvalue weighted by molar-refractivity contribution is -0.482. The molecule has 4 heterocycles. The first kappa shape index (κ1) is 51.6. The number of rotatable bonds is 15. The minimum atomic E-state index is -0.462. The van der Waals surface area contributed by atoms with Crippen LogP contribution in [0.15, 0.2) is 241 Å². The largest absolute Gasteiger partial charge is 0.468 e. The van der Waals surface area contributed by atoms with Gasteiger partial charge in [-0.1, -0.05) is 200 Å². The van der Waals surface area contributed by atoms with Crippen molar-refractivity contribution in [3.8, 4) is 33.8 Å². The Morgan fingerprint density at radius 3 is 1.05 bits per heavy atom. The normalized spacial score (nSPS) is 12.2. The van der Waals surface area contributed by atoms with Crippen LogP contribution < -0.4 is 0 Å². The minimum Gasteiger partial charge on any atom is -0.468 e. The highest BCUT2D eigenvalue weighted by atomic mass is 35.5. The molecule has 12 aromatic rings. The summed E-state index contributed by atoms with van der Waals surface area (Å²) in [6.45, 7) is -0.548. The van der Waals surface area contributed by atoms with Crippen molar-refractivity contribution in [1.29, 1.82) is 0 Å². The Labute approximate surface area is 453 Å². The average Bonchev–Trinajstić information content (AvgIpc) is 4.30. The maximum Gasteiger partial charge on any atom is 0.217 e. The summed E-state index contributed by atoms with van der Waals surface area (Å²) in [5, 5.41) is 37.9. The third kappa shape index (κ3) is 11.5. The van der Waals surface area contributed by atoms with E-state index in [1.807, 2.05) is 218 Å². The van der Waals surface area contributed by atoms with Gasteiger partial charge in [0.1, 0.15) is 11.7 Å². The number of aromatic amines is 3. The van der Waals surface area contributed by atoms with Crippen LogP contribution in [0.2, 0.25) is 5.02 Å². The maximum atomic E-state index is 11.5. The molecule has 8 aromatic carbocycles. The number of hydrogen-bond acceptors (Lipinski definition) is 7. The van der Waals surface area contributed by atoms with Crippen molar-refractivity contribution in [1.82, 2.24) is 15.0 Å². The van der Waals surface area contributed by atoms with Crippen LogP contribution in [-0.2, 0) is 0 Å². The van der Waals surface area contributed by atoms with Crippen molar-refractivity contribution in [2.75, 3.05) is 19.6 Å². The smallest absolute Gasteiger partial charge is 0.217 e. The highest BCUT2D eigenvalue weighted by Gasteiger charge is 2.31. The van der Waals surface area contributed by atoms with Crippen molar-refractivity contribution >= 4 is 44.3 Å². The first-order valence-corrected chi connectivity index (χ1v) is 25.7. The predicted octanol–water partition coefficient (Wildman–Crippen LogP) is 16.0. The van der Waals surface area contributed by atoms with Gasteiger partial charge in [0.05, 0.1) is 35.2 Å². The number of benzene rings is 8. The summed E-state index contributed by atoms with van der Waals surface area (Å²) in [6, 6.07) is 74.1. The molecule has 12 rings (SSSR count). The van der Waals surface area contributed by atoms with Gasteiger partial charge in [0.15, 0.2) is 0 Å². The first-order chi connectivity index (χ1) is 38.1. The number of para-hydroxylation sites is 3. The molecule has 0 aliphatic rings. The quantitative estimate of drug-likeness (QED) is 0.0672. The highest BCUT2D eigenvalue weighted by Crippen LogP contribution is 2.42. The van der Waals surface area contributed by atoms with Gasteiger partial charge in [-0.25, -0.2) is 0 Å². The van der Waals surface area contributed by atoms with Crippen molar-refractivity contribution in [3.05, 3.63) is 306 Å². The molecular formula is C64H51ClN6O7. The molecule has 13 nitrogen and oxygen atoms in total. The van der Waals surface area contributed by atoms with Gasteiger partial charge in [-0.05, 0) is 81.4 Å². The monoisotopic (exact) mass is 1050 g/mol. The number of aromatic nitrogens is 3. The van der Waals surface area contributed by atoms with Crippen LogP contribution in [-0.4, -0.2) is 49.4 Å². The number of halogens is 1. The molecule has 0 spiro atoms. The zero-order valence-corrected chi connectivity index (χ0v) is 42.7. The number of hydrogen-bond donors (Lipinski definition) is 3. The summed E-state index contributed by atoms with van der Waals surface area (Å²) in [6.07, 6.45) is 1.55. The molecule has 386 valence electrons. The zero-order valence-electron chi connectivity index (χ0n) is 41.9. The fourth-order valence-electron chi connectivity index (χ4n) is 10.4. The molecule has 78 heavy (non-hydrogen) atoms. The molecule has 0 fully saturated rings. The van der Waals surface area contributed by atoms with Gasteiger partial charge in [0, 0.05) is 58.1 Å². The van der Waals surface area contributed by atoms with Crippen molar-refractivity contribution in [2.24, 2.45) is 0 Å². The lowest BCUT2D eigenvalue weighted by Gasteiger charge is -2.16. The Kier molecular flexibility index (Phi) is 15.7. The Hall–Kier alpha value is -9.85. The molecule has 3 N–H and O–H groups in total. The summed E-state index contributed by atoms with van der Waals surface area (Å²) < 4.78 is 5.54. The molecule has 0 bridgehead atoms. The van der Waals surface area contributed by atoms with Crippen LogP contribution in [0, 0.1) is 30.3 Å². The van der Waals surface area contributed by atoms with Gasteiger partial charge in [-0.3, -0.25) is 30.3 Å². The Balaban J connectivity index is 0.000000132. The summed E-state index contributed by atoms with van der Waals surface area (Å²) in [7, 11) is 0. The second-order valence-electron chi connectivity index (χ2n) is 18.7. The fourth-order valence-corrected chi connectivity index (χ4v) is 10.6. The van der Waals surface area contributed by atoms with Crippen LogP contribution in [0.5, 0.6) is 0 Å². The molecule has 0 saturated heterocycles. The van der Waals surface area contributed by atoms with Gasteiger partial charge in [0.25, 0.3) is 0 Å². The molecule has 3 atom stereocenters. The number of nitrogens with zero attached hydrogens (tertiary/aromatic N) is 3. The van der Waals surface area contributed by atoms with Crippen molar-refractivity contribution in [2.45, 2.75) is 17.8 Å². The van der Waals surface area contributed by atoms with Gasteiger partial charge >= 0.3 is 0 Å². The number of furan rings is 1. The van der Waals surface area contributed by atoms with E-state index in [-0.39, 0.29) is 46.2 Å².